The van der Waals surface area contributed by atoms with Crippen LogP contribution in [0.3, 0.4) is 0 Å². The molecular weight excluding hydrogens is 260 g/mol. The zero-order valence-electron chi connectivity index (χ0n) is 14.0. The maximum atomic E-state index is 12.9. The first kappa shape index (κ1) is 16.0. The second-order valence-electron chi connectivity index (χ2n) is 7.44. The van der Waals surface area contributed by atoms with Crippen molar-refractivity contribution >= 4 is 5.91 Å². The molecule has 116 valence electrons. The summed E-state index contributed by atoms with van der Waals surface area (Å²) in [6, 6.07) is 10.1. The molecule has 0 aromatic heterocycles. The lowest BCUT2D eigenvalue weighted by Crippen LogP contribution is -2.57. The summed E-state index contributed by atoms with van der Waals surface area (Å²) in [5, 5.41) is 0. The molecule has 1 aliphatic heterocycles. The predicted octanol–water partition coefficient (Wildman–Crippen LogP) is 2.91. The highest BCUT2D eigenvalue weighted by atomic mass is 16.2. The second-order valence-corrected chi connectivity index (χ2v) is 7.44. The topological polar surface area (TPSA) is 23.6 Å². The van der Waals surface area contributed by atoms with E-state index in [-0.39, 0.29) is 11.4 Å². The van der Waals surface area contributed by atoms with Crippen LogP contribution in [0.2, 0.25) is 0 Å². The summed E-state index contributed by atoms with van der Waals surface area (Å²) in [4.78, 5) is 17.4. The number of hydrogen-bond acceptors (Lipinski definition) is 2. The second kappa shape index (κ2) is 5.80. The fraction of sp³-hybridized carbons (Fsp3) is 0.611. The molecule has 3 heteroatoms. The minimum atomic E-state index is -0.453. The van der Waals surface area contributed by atoms with Crippen LogP contribution in [0.25, 0.3) is 0 Å². The van der Waals surface area contributed by atoms with E-state index >= 15 is 0 Å². The van der Waals surface area contributed by atoms with Gasteiger partial charge in [-0.3, -0.25) is 9.69 Å². The molecule has 1 saturated heterocycles. The van der Waals surface area contributed by atoms with Crippen molar-refractivity contribution in [2.75, 3.05) is 26.2 Å². The van der Waals surface area contributed by atoms with Gasteiger partial charge < -0.3 is 4.90 Å². The first-order chi connectivity index (χ1) is 9.73. The Labute approximate surface area is 128 Å². The first-order valence-corrected chi connectivity index (χ1v) is 7.83. The fourth-order valence-electron chi connectivity index (χ4n) is 2.95. The molecule has 1 aromatic carbocycles. The molecule has 1 heterocycles. The van der Waals surface area contributed by atoms with E-state index < -0.39 is 5.41 Å². The number of amides is 1. The Balaban J connectivity index is 2.05. The monoisotopic (exact) mass is 288 g/mol. The van der Waals surface area contributed by atoms with Crippen LogP contribution in [0.1, 0.15) is 40.2 Å². The average molecular weight is 288 g/mol. The number of carbonyl (C=O) groups is 1. The van der Waals surface area contributed by atoms with Crippen molar-refractivity contribution in [3.8, 4) is 0 Å². The van der Waals surface area contributed by atoms with Gasteiger partial charge in [0.2, 0.25) is 5.91 Å². The number of nitrogens with zero attached hydrogens (tertiary/aromatic N) is 2. The molecule has 21 heavy (non-hydrogen) atoms. The van der Waals surface area contributed by atoms with Crippen molar-refractivity contribution in [3.05, 3.63) is 35.9 Å². The molecule has 1 aromatic rings. The zero-order chi connectivity index (χ0) is 15.7. The van der Waals surface area contributed by atoms with Crippen LogP contribution >= 0.6 is 0 Å². The van der Waals surface area contributed by atoms with Gasteiger partial charge >= 0.3 is 0 Å². The van der Waals surface area contributed by atoms with Gasteiger partial charge in [-0.1, -0.05) is 30.3 Å². The van der Waals surface area contributed by atoms with Crippen molar-refractivity contribution in [2.24, 2.45) is 0 Å². The van der Waals surface area contributed by atoms with E-state index in [1.807, 2.05) is 49.1 Å². The average Bonchev–Trinajstić information content (AvgIpc) is 2.46. The number of piperazine rings is 1. The highest BCUT2D eigenvalue weighted by Gasteiger charge is 2.36. The summed E-state index contributed by atoms with van der Waals surface area (Å²) in [5.41, 5.74) is 0.822. The molecule has 2 rings (SSSR count). The molecule has 0 spiro atoms. The van der Waals surface area contributed by atoms with Gasteiger partial charge in [0.05, 0.1) is 5.41 Å². The lowest BCUT2D eigenvalue weighted by molar-refractivity contribution is -0.138. The first-order valence-electron chi connectivity index (χ1n) is 7.83. The maximum Gasteiger partial charge on any atom is 0.232 e. The third-order valence-corrected chi connectivity index (χ3v) is 4.55. The third-order valence-electron chi connectivity index (χ3n) is 4.55. The maximum absolute atomic E-state index is 12.9. The predicted molar refractivity (Wildman–Crippen MR) is 87.4 cm³/mol. The van der Waals surface area contributed by atoms with E-state index in [0.29, 0.717) is 0 Å². The molecule has 0 N–H and O–H groups in total. The highest BCUT2D eigenvalue weighted by molar-refractivity contribution is 5.87. The van der Waals surface area contributed by atoms with Gasteiger partial charge in [0, 0.05) is 31.7 Å². The normalized spacial score (nSPS) is 17.9. The van der Waals surface area contributed by atoms with Gasteiger partial charge in [-0.05, 0) is 40.2 Å². The third kappa shape index (κ3) is 3.46. The van der Waals surface area contributed by atoms with Crippen molar-refractivity contribution in [2.45, 2.75) is 45.6 Å². The van der Waals surface area contributed by atoms with Crippen LogP contribution in [0.5, 0.6) is 0 Å². The molecule has 1 fully saturated rings. The smallest absolute Gasteiger partial charge is 0.232 e. The standard InChI is InChI=1S/C18H28N2O/c1-17(2,3)20-13-11-19(12-14-20)16(21)18(4,5)15-9-7-6-8-10-15/h6-10H,11-14H2,1-5H3. The lowest BCUT2D eigenvalue weighted by atomic mass is 9.83. The summed E-state index contributed by atoms with van der Waals surface area (Å²) in [6.07, 6.45) is 0. The van der Waals surface area contributed by atoms with Crippen molar-refractivity contribution in [3.63, 3.8) is 0 Å². The van der Waals surface area contributed by atoms with Crippen molar-refractivity contribution in [1.82, 2.24) is 9.80 Å². The van der Waals surface area contributed by atoms with Gasteiger partial charge in [-0.25, -0.2) is 0 Å². The number of rotatable bonds is 2. The van der Waals surface area contributed by atoms with Gasteiger partial charge in [0.1, 0.15) is 0 Å². The Hall–Kier alpha value is -1.35. The van der Waals surface area contributed by atoms with E-state index in [1.54, 1.807) is 0 Å². The summed E-state index contributed by atoms with van der Waals surface area (Å²) < 4.78 is 0. The summed E-state index contributed by atoms with van der Waals surface area (Å²) in [7, 11) is 0. The van der Waals surface area contributed by atoms with E-state index in [4.69, 9.17) is 0 Å². The SMILES string of the molecule is CC(C)(C(=O)N1CCN(C(C)(C)C)CC1)c1ccccc1. The molecular formula is C18H28N2O. The van der Waals surface area contributed by atoms with Crippen LogP contribution < -0.4 is 0 Å². The molecule has 1 amide bonds. The highest BCUT2D eigenvalue weighted by Crippen LogP contribution is 2.26. The van der Waals surface area contributed by atoms with Crippen LogP contribution in [0.15, 0.2) is 30.3 Å². The minimum Gasteiger partial charge on any atom is -0.339 e. The zero-order valence-corrected chi connectivity index (χ0v) is 14.0. The molecule has 0 atom stereocenters. The fourth-order valence-corrected chi connectivity index (χ4v) is 2.95. The molecule has 0 radical (unpaired) electrons. The van der Waals surface area contributed by atoms with Gasteiger partial charge in [-0.2, -0.15) is 0 Å². The van der Waals surface area contributed by atoms with E-state index in [9.17, 15) is 4.79 Å². The quantitative estimate of drug-likeness (QED) is 0.835. The number of hydrogen-bond donors (Lipinski definition) is 0. The van der Waals surface area contributed by atoms with E-state index in [1.165, 1.54) is 0 Å². The molecule has 0 aliphatic carbocycles. The molecule has 0 unspecified atom stereocenters. The van der Waals surface area contributed by atoms with Crippen molar-refractivity contribution in [1.29, 1.82) is 0 Å². The summed E-state index contributed by atoms with van der Waals surface area (Å²) in [5.74, 6) is 0.238. The molecule has 0 bridgehead atoms. The largest absolute Gasteiger partial charge is 0.339 e. The Morgan fingerprint density at radius 2 is 1.43 bits per heavy atom. The Morgan fingerprint density at radius 1 is 0.905 bits per heavy atom. The minimum absolute atomic E-state index is 0.185. The van der Waals surface area contributed by atoms with Crippen LogP contribution in [-0.4, -0.2) is 47.4 Å². The van der Waals surface area contributed by atoms with Gasteiger partial charge in [0.25, 0.3) is 0 Å². The molecule has 1 aliphatic rings. The Morgan fingerprint density at radius 3 is 1.90 bits per heavy atom. The Kier molecular flexibility index (Phi) is 4.43. The van der Waals surface area contributed by atoms with Gasteiger partial charge in [-0.15, -0.1) is 0 Å². The van der Waals surface area contributed by atoms with Crippen LogP contribution in [0.4, 0.5) is 0 Å². The van der Waals surface area contributed by atoms with E-state index in [2.05, 4.69) is 25.7 Å². The number of benzene rings is 1. The molecule has 0 saturated carbocycles. The van der Waals surface area contributed by atoms with Crippen molar-refractivity contribution < 1.29 is 4.79 Å². The summed E-state index contributed by atoms with van der Waals surface area (Å²) >= 11 is 0. The lowest BCUT2D eigenvalue weighted by Gasteiger charge is -2.44. The summed E-state index contributed by atoms with van der Waals surface area (Å²) in [6.45, 7) is 14.3. The van der Waals surface area contributed by atoms with Crippen LogP contribution in [-0.2, 0) is 10.2 Å². The molecule has 3 nitrogen and oxygen atoms in total. The van der Waals surface area contributed by atoms with Gasteiger partial charge in [0.15, 0.2) is 0 Å². The number of carbonyl (C=O) groups excluding carboxylic acids is 1. The Bertz CT molecular complexity index is 480. The van der Waals surface area contributed by atoms with E-state index in [0.717, 1.165) is 31.7 Å². The van der Waals surface area contributed by atoms with Crippen LogP contribution in [0, 0.1) is 0 Å².